The molecule has 0 amide bonds. The molecule has 7 heteroatoms. The van der Waals surface area contributed by atoms with Crippen molar-refractivity contribution in [2.75, 3.05) is 0 Å². The smallest absolute Gasteiger partial charge is 0.542 e. The number of unbranched alkanes of at least 4 members (excludes halogenated alkanes) is 26. The number of carbonyl (C=O) groups is 4. The van der Waals surface area contributed by atoms with E-state index >= 15 is 0 Å². The van der Waals surface area contributed by atoms with Crippen molar-refractivity contribution in [3.05, 3.63) is 0 Å². The zero-order valence-corrected chi connectivity index (χ0v) is 29.8. The zero-order valence-electron chi connectivity index (χ0n) is 28.4. The Morgan fingerprint density at radius 2 is 0.488 bits per heavy atom. The average Bonchev–Trinajstić information content (AvgIpc) is 2.97. The molecule has 0 saturated carbocycles. The van der Waals surface area contributed by atoms with Crippen molar-refractivity contribution < 1.29 is 29.4 Å². The largest absolute Gasteiger partial charge is 2.00 e. The Labute approximate surface area is 281 Å². The Morgan fingerprint density at radius 1 is 0.326 bits per heavy atom. The Hall–Kier alpha value is -0.954. The molecule has 0 aromatic heterocycles. The molecular weight excluding hydrogens is 553 g/mol. The maximum absolute atomic E-state index is 10.8. The number of Topliss-reactive ketones (excluding diaryl/α,β-unsaturated/α-hetero) is 2. The van der Waals surface area contributed by atoms with Crippen LogP contribution in [-0.2, 0) is 19.2 Å². The summed E-state index contributed by atoms with van der Waals surface area (Å²) in [4.78, 5) is 42.0. The van der Waals surface area contributed by atoms with E-state index in [0.29, 0.717) is 12.8 Å². The SMILES string of the molecule is CCCCCCCCCCCCCCCCC(=O)C(=O)[O-].CCCCCCCCCCCCCCCCC(=O)C(=O)[O-].[Mg+2]. The molecule has 0 aliphatic carbocycles. The van der Waals surface area contributed by atoms with Gasteiger partial charge in [-0.3, -0.25) is 9.59 Å². The van der Waals surface area contributed by atoms with E-state index < -0.39 is 23.5 Å². The average molecular weight is 619 g/mol. The number of hydrogen-bond acceptors (Lipinski definition) is 6. The minimum atomic E-state index is -1.54. The second kappa shape index (κ2) is 39.1. The fourth-order valence-corrected chi connectivity index (χ4v) is 5.16. The van der Waals surface area contributed by atoms with Gasteiger partial charge in [-0.05, 0) is 12.8 Å². The fraction of sp³-hybridized carbons (Fsp3) is 0.889. The van der Waals surface area contributed by atoms with Crippen LogP contribution in [0.4, 0.5) is 0 Å². The molecule has 0 spiro atoms. The minimum absolute atomic E-state index is 0. The van der Waals surface area contributed by atoms with Crippen LogP contribution in [0.5, 0.6) is 0 Å². The number of ketones is 2. The summed E-state index contributed by atoms with van der Waals surface area (Å²) in [5.41, 5.74) is 0. The van der Waals surface area contributed by atoms with Crippen LogP contribution in [-0.4, -0.2) is 46.6 Å². The first-order valence-corrected chi connectivity index (χ1v) is 17.8. The number of carboxylic acid groups (broad SMARTS) is 2. The third-order valence-electron chi connectivity index (χ3n) is 7.97. The van der Waals surface area contributed by atoms with E-state index in [1.165, 1.54) is 141 Å². The van der Waals surface area contributed by atoms with Gasteiger partial charge in [-0.25, -0.2) is 0 Å². The molecule has 0 bridgehead atoms. The van der Waals surface area contributed by atoms with Crippen molar-refractivity contribution in [2.24, 2.45) is 0 Å². The molecule has 6 nitrogen and oxygen atoms in total. The van der Waals surface area contributed by atoms with E-state index in [-0.39, 0.29) is 35.9 Å². The van der Waals surface area contributed by atoms with E-state index in [9.17, 15) is 29.4 Å². The molecule has 0 aliphatic rings. The van der Waals surface area contributed by atoms with Gasteiger partial charge < -0.3 is 19.8 Å². The Bertz CT molecular complexity index is 583. The van der Waals surface area contributed by atoms with Crippen LogP contribution in [0.15, 0.2) is 0 Å². The van der Waals surface area contributed by atoms with Crippen molar-refractivity contribution in [1.82, 2.24) is 0 Å². The molecule has 43 heavy (non-hydrogen) atoms. The first-order chi connectivity index (χ1) is 20.4. The van der Waals surface area contributed by atoms with Gasteiger partial charge in [0.1, 0.15) is 11.9 Å². The number of carboxylic acids is 2. The second-order valence-electron chi connectivity index (χ2n) is 12.1. The molecule has 0 heterocycles. The van der Waals surface area contributed by atoms with Gasteiger partial charge in [0.25, 0.3) is 0 Å². The number of rotatable bonds is 32. The molecule has 0 fully saturated rings. The van der Waals surface area contributed by atoms with Crippen LogP contribution in [0.25, 0.3) is 0 Å². The van der Waals surface area contributed by atoms with E-state index in [1.807, 2.05) is 0 Å². The third kappa shape index (κ3) is 41.0. The molecule has 0 unspecified atom stereocenters. The van der Waals surface area contributed by atoms with Crippen LogP contribution in [0.2, 0.25) is 0 Å². The predicted molar refractivity (Wildman–Crippen MR) is 176 cm³/mol. The van der Waals surface area contributed by atoms with Crippen LogP contribution >= 0.6 is 0 Å². The third-order valence-corrected chi connectivity index (χ3v) is 7.97. The normalized spacial score (nSPS) is 10.5. The standard InChI is InChI=1S/2C18H34O3.Mg/c2*1-2-3-4-5-6-7-8-9-10-11-12-13-14-15-16-17(19)18(20)21;/h2*2-16H2,1H3,(H,20,21);/q;;+2/p-2. The van der Waals surface area contributed by atoms with Crippen molar-refractivity contribution in [2.45, 2.75) is 206 Å². The molecule has 0 rings (SSSR count). The molecule has 248 valence electrons. The summed E-state index contributed by atoms with van der Waals surface area (Å²) in [6.07, 6.45) is 35.3. The maximum Gasteiger partial charge on any atom is 2.00 e. The second-order valence-corrected chi connectivity index (χ2v) is 12.1. The predicted octanol–water partition coefficient (Wildman–Crippen LogP) is 7.97. The van der Waals surface area contributed by atoms with Crippen molar-refractivity contribution in [3.63, 3.8) is 0 Å². The monoisotopic (exact) mass is 618 g/mol. The molecule has 0 atom stereocenters. The number of hydrogen-bond donors (Lipinski definition) is 0. The molecular formula is C36H66MgO6. The summed E-state index contributed by atoms with van der Waals surface area (Å²) in [7, 11) is 0. The van der Waals surface area contributed by atoms with E-state index in [1.54, 1.807) is 0 Å². The van der Waals surface area contributed by atoms with Crippen LogP contribution < -0.4 is 10.2 Å². The van der Waals surface area contributed by atoms with Gasteiger partial charge in [0.2, 0.25) is 0 Å². The van der Waals surface area contributed by atoms with E-state index in [0.717, 1.165) is 25.7 Å². The quantitative estimate of drug-likeness (QED) is 0.0429. The van der Waals surface area contributed by atoms with Gasteiger partial charge in [-0.1, -0.05) is 181 Å². The number of carbonyl (C=O) groups excluding carboxylic acids is 4. The van der Waals surface area contributed by atoms with Gasteiger partial charge in [-0.15, -0.1) is 0 Å². The van der Waals surface area contributed by atoms with Gasteiger partial charge in [0.05, 0.1) is 0 Å². The van der Waals surface area contributed by atoms with Gasteiger partial charge in [0.15, 0.2) is 11.6 Å². The molecule has 0 aromatic carbocycles. The van der Waals surface area contributed by atoms with E-state index in [2.05, 4.69) is 13.8 Å². The first-order valence-electron chi connectivity index (χ1n) is 17.8. The first kappa shape index (κ1) is 46.5. The summed E-state index contributed by atoms with van der Waals surface area (Å²) in [5.74, 6) is -4.59. The molecule has 0 aliphatic heterocycles. The topological polar surface area (TPSA) is 114 Å². The van der Waals surface area contributed by atoms with E-state index in [4.69, 9.17) is 0 Å². The maximum atomic E-state index is 10.8. The minimum Gasteiger partial charge on any atom is -0.542 e. The van der Waals surface area contributed by atoms with Crippen molar-refractivity contribution in [1.29, 1.82) is 0 Å². The summed E-state index contributed by atoms with van der Waals surface area (Å²) in [5, 5.41) is 20.4. The molecule has 0 N–H and O–H groups in total. The van der Waals surface area contributed by atoms with Crippen LogP contribution in [0.3, 0.4) is 0 Å². The number of aliphatic carboxylic acids is 2. The zero-order chi connectivity index (χ0) is 31.5. The molecule has 0 saturated heterocycles. The van der Waals surface area contributed by atoms with Crippen LogP contribution in [0, 0.1) is 0 Å². The Kier molecular flexibility index (Phi) is 42.2. The van der Waals surface area contributed by atoms with Gasteiger partial charge in [-0.2, -0.15) is 0 Å². The Balaban J connectivity index is -0.000000727. The summed E-state index contributed by atoms with van der Waals surface area (Å²) in [6.45, 7) is 4.50. The summed E-state index contributed by atoms with van der Waals surface area (Å²) < 4.78 is 0. The fourth-order valence-electron chi connectivity index (χ4n) is 5.16. The van der Waals surface area contributed by atoms with Gasteiger partial charge in [0, 0.05) is 12.8 Å². The van der Waals surface area contributed by atoms with Crippen molar-refractivity contribution in [3.8, 4) is 0 Å². The molecule has 0 aromatic rings. The van der Waals surface area contributed by atoms with Crippen LogP contribution in [0.1, 0.15) is 206 Å². The van der Waals surface area contributed by atoms with Crippen molar-refractivity contribution >= 4 is 46.6 Å². The summed E-state index contributed by atoms with van der Waals surface area (Å²) in [6, 6.07) is 0. The Morgan fingerprint density at radius 3 is 0.651 bits per heavy atom. The van der Waals surface area contributed by atoms with Gasteiger partial charge >= 0.3 is 23.1 Å². The molecule has 0 radical (unpaired) electrons. The summed E-state index contributed by atoms with van der Waals surface area (Å²) >= 11 is 0.